The van der Waals surface area contributed by atoms with Crippen molar-refractivity contribution < 1.29 is 24.2 Å². The van der Waals surface area contributed by atoms with E-state index in [1.54, 1.807) is 67.8 Å². The molecule has 158 valence electrons. The van der Waals surface area contributed by atoms with Gasteiger partial charge in [-0.25, -0.2) is 0 Å². The summed E-state index contributed by atoms with van der Waals surface area (Å²) in [6.07, 6.45) is -0.323. The molecule has 0 unspecified atom stereocenters. The number of hydrogen-bond acceptors (Lipinski definition) is 5. The van der Waals surface area contributed by atoms with Gasteiger partial charge >= 0.3 is 0 Å². The number of rotatable bonds is 8. The average molecular weight is 417 g/mol. The maximum absolute atomic E-state index is 13.3. The number of benzene rings is 3. The number of methoxy groups -OCH3 is 1. The van der Waals surface area contributed by atoms with Gasteiger partial charge in [0.2, 0.25) is 0 Å². The molecule has 0 bridgehead atoms. The van der Waals surface area contributed by atoms with Crippen LogP contribution in [0.25, 0.3) is 0 Å². The van der Waals surface area contributed by atoms with E-state index in [1.165, 1.54) is 4.90 Å². The van der Waals surface area contributed by atoms with Gasteiger partial charge in [0.05, 0.1) is 25.8 Å². The smallest absolute Gasteiger partial charge is 0.264 e. The molecule has 4 rings (SSSR count). The molecule has 1 atom stereocenters. The van der Waals surface area contributed by atoms with Crippen LogP contribution in [0.5, 0.6) is 11.5 Å². The molecule has 0 aromatic heterocycles. The number of nitrogens with zero attached hydrogens (tertiary/aromatic N) is 1. The summed E-state index contributed by atoms with van der Waals surface area (Å²) in [5.41, 5.74) is -0.436. The van der Waals surface area contributed by atoms with Crippen LogP contribution in [0.2, 0.25) is 0 Å². The normalized spacial score (nSPS) is 17.4. The van der Waals surface area contributed by atoms with Crippen molar-refractivity contribution in [3.8, 4) is 11.5 Å². The highest BCUT2D eigenvalue weighted by atomic mass is 16.5. The van der Waals surface area contributed by atoms with Gasteiger partial charge in [-0.2, -0.15) is 0 Å². The molecule has 0 saturated heterocycles. The van der Waals surface area contributed by atoms with Gasteiger partial charge in [-0.05, 0) is 18.2 Å². The Morgan fingerprint density at radius 3 is 2.32 bits per heavy atom. The number of aliphatic hydroxyl groups is 1. The summed E-state index contributed by atoms with van der Waals surface area (Å²) in [4.78, 5) is 27.5. The zero-order valence-corrected chi connectivity index (χ0v) is 17.2. The third-order valence-corrected chi connectivity index (χ3v) is 5.39. The molecule has 1 heterocycles. The minimum absolute atomic E-state index is 0.198. The van der Waals surface area contributed by atoms with Crippen molar-refractivity contribution in [3.63, 3.8) is 0 Å². The second-order valence-electron chi connectivity index (χ2n) is 7.30. The number of carbonyl (C=O) groups is 2. The van der Waals surface area contributed by atoms with Crippen LogP contribution in [0.1, 0.15) is 22.3 Å². The number of anilines is 1. The summed E-state index contributed by atoms with van der Waals surface area (Å²) in [6, 6.07) is 22.9. The van der Waals surface area contributed by atoms with Gasteiger partial charge in [-0.15, -0.1) is 0 Å². The largest absolute Gasteiger partial charge is 0.493 e. The number of carbonyl (C=O) groups excluding carboxylic acids is 2. The Labute approximate surface area is 180 Å². The molecule has 0 spiro atoms. The van der Waals surface area contributed by atoms with Crippen LogP contribution >= 0.6 is 0 Å². The van der Waals surface area contributed by atoms with Gasteiger partial charge in [0.1, 0.15) is 6.61 Å². The van der Waals surface area contributed by atoms with Gasteiger partial charge in [0, 0.05) is 11.1 Å². The summed E-state index contributed by atoms with van der Waals surface area (Å²) >= 11 is 0. The number of para-hydroxylation sites is 3. The molecule has 0 radical (unpaired) electrons. The first-order valence-electron chi connectivity index (χ1n) is 10.0. The quantitative estimate of drug-likeness (QED) is 0.567. The number of fused-ring (bicyclic) bond motifs is 1. The van der Waals surface area contributed by atoms with Crippen molar-refractivity contribution in [2.45, 2.75) is 12.0 Å². The first-order chi connectivity index (χ1) is 15.0. The third kappa shape index (κ3) is 3.90. The Bertz CT molecular complexity index is 1100. The van der Waals surface area contributed by atoms with E-state index in [0.717, 1.165) is 0 Å². The van der Waals surface area contributed by atoms with Crippen LogP contribution in [0.15, 0.2) is 78.9 Å². The maximum Gasteiger partial charge on any atom is 0.264 e. The maximum atomic E-state index is 13.3. The Hall–Kier alpha value is -3.64. The molecule has 6 heteroatoms. The van der Waals surface area contributed by atoms with Crippen molar-refractivity contribution in [3.05, 3.63) is 90.0 Å². The lowest BCUT2D eigenvalue weighted by Gasteiger charge is -2.23. The minimum atomic E-state index is -1.91. The molecule has 3 aromatic rings. The predicted octanol–water partition coefficient (Wildman–Crippen LogP) is 3.58. The number of hydrogen-bond donors (Lipinski definition) is 1. The van der Waals surface area contributed by atoms with Crippen molar-refractivity contribution in [2.75, 3.05) is 25.2 Å². The zero-order valence-electron chi connectivity index (χ0n) is 17.2. The van der Waals surface area contributed by atoms with E-state index < -0.39 is 11.5 Å². The summed E-state index contributed by atoms with van der Waals surface area (Å²) < 4.78 is 11.1. The lowest BCUT2D eigenvalue weighted by Crippen LogP contribution is -2.43. The summed E-state index contributed by atoms with van der Waals surface area (Å²) in [5.74, 6) is 0.347. The number of Topliss-reactive ketones (excluding diaryl/α,β-unsaturated/α-hetero) is 1. The van der Waals surface area contributed by atoms with Crippen LogP contribution < -0.4 is 14.4 Å². The van der Waals surface area contributed by atoms with E-state index in [0.29, 0.717) is 28.3 Å². The van der Waals surface area contributed by atoms with E-state index in [2.05, 4.69) is 0 Å². The molecule has 1 aliphatic heterocycles. The standard InChI is InChI=1S/C25H23NO5/c1-30-22-13-7-8-14-23(22)31-16-15-26-20-12-6-5-11-19(20)25(29,24(26)28)17-21(27)18-9-3-2-4-10-18/h2-14,29H,15-17H2,1H3/t25-/m0/s1. The van der Waals surface area contributed by atoms with Crippen molar-refractivity contribution in [1.82, 2.24) is 0 Å². The fraction of sp³-hybridized carbons (Fsp3) is 0.200. The molecule has 3 aromatic carbocycles. The zero-order chi connectivity index (χ0) is 21.8. The fourth-order valence-corrected chi connectivity index (χ4v) is 3.84. The van der Waals surface area contributed by atoms with Crippen LogP contribution in [-0.2, 0) is 10.4 Å². The number of amides is 1. The molecule has 1 N–H and O–H groups in total. The summed E-state index contributed by atoms with van der Waals surface area (Å²) in [7, 11) is 1.56. The van der Waals surface area contributed by atoms with Crippen molar-refractivity contribution in [1.29, 1.82) is 0 Å². The highest BCUT2D eigenvalue weighted by molar-refractivity contribution is 6.10. The molecular weight excluding hydrogens is 394 g/mol. The van der Waals surface area contributed by atoms with Crippen LogP contribution in [0.4, 0.5) is 5.69 Å². The van der Waals surface area contributed by atoms with E-state index in [4.69, 9.17) is 9.47 Å². The fourth-order valence-electron chi connectivity index (χ4n) is 3.84. The first-order valence-corrected chi connectivity index (χ1v) is 10.0. The Morgan fingerprint density at radius 1 is 0.935 bits per heavy atom. The SMILES string of the molecule is COc1ccccc1OCCN1C(=O)[C@](O)(CC(=O)c2ccccc2)c2ccccc21. The topological polar surface area (TPSA) is 76.1 Å². The second-order valence-corrected chi connectivity index (χ2v) is 7.30. The molecule has 0 saturated carbocycles. The molecule has 0 aliphatic carbocycles. The molecule has 6 nitrogen and oxygen atoms in total. The van der Waals surface area contributed by atoms with Gasteiger partial charge in [-0.3, -0.25) is 9.59 Å². The highest BCUT2D eigenvalue weighted by Gasteiger charge is 2.50. The van der Waals surface area contributed by atoms with Crippen molar-refractivity contribution >= 4 is 17.4 Å². The van der Waals surface area contributed by atoms with Gasteiger partial charge in [0.25, 0.3) is 5.91 Å². The summed E-state index contributed by atoms with van der Waals surface area (Å²) in [5, 5.41) is 11.3. The van der Waals surface area contributed by atoms with Crippen LogP contribution in [0.3, 0.4) is 0 Å². The van der Waals surface area contributed by atoms with E-state index in [9.17, 15) is 14.7 Å². The Balaban J connectivity index is 1.54. The van der Waals surface area contributed by atoms with Gasteiger partial charge in [-0.1, -0.05) is 60.7 Å². The monoisotopic (exact) mass is 417 g/mol. The van der Waals surface area contributed by atoms with Crippen LogP contribution in [-0.4, -0.2) is 37.1 Å². The van der Waals surface area contributed by atoms with E-state index >= 15 is 0 Å². The lowest BCUT2D eigenvalue weighted by molar-refractivity contribution is -0.135. The first kappa shape index (κ1) is 20.6. The molecule has 31 heavy (non-hydrogen) atoms. The van der Waals surface area contributed by atoms with Crippen molar-refractivity contribution in [2.24, 2.45) is 0 Å². The summed E-state index contributed by atoms with van der Waals surface area (Å²) in [6.45, 7) is 0.416. The Kier molecular flexibility index (Phi) is 5.73. The van der Waals surface area contributed by atoms with E-state index in [-0.39, 0.29) is 25.4 Å². The number of ketones is 1. The van der Waals surface area contributed by atoms with Gasteiger partial charge < -0.3 is 19.5 Å². The highest BCUT2D eigenvalue weighted by Crippen LogP contribution is 2.42. The lowest BCUT2D eigenvalue weighted by atomic mass is 9.88. The Morgan fingerprint density at radius 2 is 1.58 bits per heavy atom. The molecule has 0 fully saturated rings. The molecule has 1 amide bonds. The molecular formula is C25H23NO5. The predicted molar refractivity (Wildman–Crippen MR) is 117 cm³/mol. The molecule has 1 aliphatic rings. The van der Waals surface area contributed by atoms with Gasteiger partial charge in [0.15, 0.2) is 22.9 Å². The number of ether oxygens (including phenoxy) is 2. The third-order valence-electron chi connectivity index (χ3n) is 5.39. The minimum Gasteiger partial charge on any atom is -0.493 e. The van der Waals surface area contributed by atoms with E-state index in [1.807, 2.05) is 18.2 Å². The average Bonchev–Trinajstić information content (AvgIpc) is 3.02. The second kappa shape index (κ2) is 8.62. The van der Waals surface area contributed by atoms with Crippen LogP contribution in [0, 0.1) is 0 Å².